The highest BCUT2D eigenvalue weighted by molar-refractivity contribution is 5.35. The molecule has 0 saturated heterocycles. The van der Waals surface area contributed by atoms with Gasteiger partial charge in [-0.3, -0.25) is 9.78 Å². The summed E-state index contributed by atoms with van der Waals surface area (Å²) in [5.41, 5.74) is 2.41. The predicted molar refractivity (Wildman–Crippen MR) is 83.1 cm³/mol. The number of nitrogens with zero attached hydrogens (tertiary/aromatic N) is 4. The third-order valence-electron chi connectivity index (χ3n) is 3.31. The molecule has 0 aliphatic rings. The number of hydrogen-bond donors (Lipinski definition) is 2. The van der Waals surface area contributed by atoms with Gasteiger partial charge in [0.2, 0.25) is 5.95 Å². The SMILES string of the molecule is Cc1nnc(NCCc2ccc(-n3ccnc3)cc2)[nH]c1=O. The molecular formula is C15H16N6O. The number of hydrogen-bond acceptors (Lipinski definition) is 5. The molecule has 2 aromatic heterocycles. The van der Waals surface area contributed by atoms with Gasteiger partial charge in [-0.05, 0) is 31.0 Å². The maximum Gasteiger partial charge on any atom is 0.273 e. The van der Waals surface area contributed by atoms with Crippen molar-refractivity contribution in [2.45, 2.75) is 13.3 Å². The lowest BCUT2D eigenvalue weighted by Gasteiger charge is -2.06. The largest absolute Gasteiger partial charge is 0.354 e. The number of imidazole rings is 1. The van der Waals surface area contributed by atoms with Gasteiger partial charge >= 0.3 is 0 Å². The Morgan fingerprint density at radius 3 is 2.73 bits per heavy atom. The summed E-state index contributed by atoms with van der Waals surface area (Å²) in [6, 6.07) is 8.23. The third kappa shape index (κ3) is 3.20. The Balaban J connectivity index is 1.57. The monoisotopic (exact) mass is 296 g/mol. The Bertz CT molecular complexity index is 792. The average molecular weight is 296 g/mol. The number of H-pyrrole nitrogens is 1. The predicted octanol–water partition coefficient (Wildman–Crippen LogP) is 1.31. The quantitative estimate of drug-likeness (QED) is 0.741. The van der Waals surface area contributed by atoms with Gasteiger partial charge in [0.05, 0.1) is 6.33 Å². The van der Waals surface area contributed by atoms with Crippen LogP contribution in [0.5, 0.6) is 0 Å². The molecule has 3 aromatic rings. The van der Waals surface area contributed by atoms with E-state index in [2.05, 4.69) is 37.6 Å². The maximum absolute atomic E-state index is 11.4. The first-order valence-electron chi connectivity index (χ1n) is 6.97. The molecule has 0 atom stereocenters. The zero-order chi connectivity index (χ0) is 15.4. The third-order valence-corrected chi connectivity index (χ3v) is 3.31. The van der Waals surface area contributed by atoms with Gasteiger partial charge in [0.1, 0.15) is 5.69 Å². The van der Waals surface area contributed by atoms with Crippen molar-refractivity contribution in [2.75, 3.05) is 11.9 Å². The van der Waals surface area contributed by atoms with E-state index in [1.54, 1.807) is 19.4 Å². The number of aromatic nitrogens is 5. The van der Waals surface area contributed by atoms with Crippen molar-refractivity contribution >= 4 is 5.95 Å². The highest BCUT2D eigenvalue weighted by Crippen LogP contribution is 2.09. The van der Waals surface area contributed by atoms with Crippen LogP contribution in [0.25, 0.3) is 5.69 Å². The van der Waals surface area contributed by atoms with Crippen molar-refractivity contribution in [1.82, 2.24) is 24.7 Å². The summed E-state index contributed by atoms with van der Waals surface area (Å²) in [5.74, 6) is 0.394. The molecule has 2 N–H and O–H groups in total. The molecule has 0 bridgehead atoms. The van der Waals surface area contributed by atoms with Gasteiger partial charge < -0.3 is 9.88 Å². The lowest BCUT2D eigenvalue weighted by molar-refractivity contribution is 0.880. The van der Waals surface area contributed by atoms with Gasteiger partial charge in [0.15, 0.2) is 0 Å². The van der Waals surface area contributed by atoms with Crippen LogP contribution in [0.4, 0.5) is 5.95 Å². The van der Waals surface area contributed by atoms with Gasteiger partial charge in [-0.1, -0.05) is 12.1 Å². The molecule has 0 spiro atoms. The van der Waals surface area contributed by atoms with Crippen LogP contribution in [0, 0.1) is 6.92 Å². The Hall–Kier alpha value is -2.96. The van der Waals surface area contributed by atoms with Crippen molar-refractivity contribution < 1.29 is 0 Å². The molecule has 22 heavy (non-hydrogen) atoms. The number of aromatic amines is 1. The minimum Gasteiger partial charge on any atom is -0.354 e. The van der Waals surface area contributed by atoms with E-state index >= 15 is 0 Å². The van der Waals surface area contributed by atoms with Crippen LogP contribution in [-0.2, 0) is 6.42 Å². The van der Waals surface area contributed by atoms with E-state index in [1.807, 2.05) is 22.9 Å². The Labute approximate surface area is 127 Å². The number of nitrogens with one attached hydrogen (secondary N) is 2. The lowest BCUT2D eigenvalue weighted by atomic mass is 10.1. The second-order valence-electron chi connectivity index (χ2n) is 4.90. The molecule has 112 valence electrons. The van der Waals surface area contributed by atoms with Crippen LogP contribution < -0.4 is 10.9 Å². The number of benzene rings is 1. The van der Waals surface area contributed by atoms with Crippen molar-refractivity contribution in [2.24, 2.45) is 0 Å². The zero-order valence-corrected chi connectivity index (χ0v) is 12.2. The highest BCUT2D eigenvalue weighted by Gasteiger charge is 2.00. The molecule has 0 amide bonds. The fourth-order valence-electron chi connectivity index (χ4n) is 2.04. The van der Waals surface area contributed by atoms with E-state index in [1.165, 1.54) is 5.56 Å². The molecule has 7 heteroatoms. The smallest absolute Gasteiger partial charge is 0.273 e. The van der Waals surface area contributed by atoms with Crippen LogP contribution in [0.3, 0.4) is 0 Å². The summed E-state index contributed by atoms with van der Waals surface area (Å²) in [7, 11) is 0. The first-order valence-corrected chi connectivity index (χ1v) is 6.97. The molecule has 3 rings (SSSR count). The molecule has 2 heterocycles. The van der Waals surface area contributed by atoms with Crippen LogP contribution in [-0.4, -0.2) is 31.3 Å². The van der Waals surface area contributed by atoms with Crippen molar-refractivity contribution in [1.29, 1.82) is 0 Å². The Morgan fingerprint density at radius 2 is 2.05 bits per heavy atom. The molecule has 0 saturated carbocycles. The second kappa shape index (κ2) is 6.21. The normalized spacial score (nSPS) is 10.6. The van der Waals surface area contributed by atoms with E-state index in [4.69, 9.17) is 0 Å². The minimum atomic E-state index is -0.220. The minimum absolute atomic E-state index is 0.220. The van der Waals surface area contributed by atoms with Gasteiger partial charge in [-0.15, -0.1) is 10.2 Å². The van der Waals surface area contributed by atoms with E-state index in [0.717, 1.165) is 12.1 Å². The Kier molecular flexibility index (Phi) is 3.95. The second-order valence-corrected chi connectivity index (χ2v) is 4.90. The van der Waals surface area contributed by atoms with Gasteiger partial charge in [0, 0.05) is 24.6 Å². The van der Waals surface area contributed by atoms with E-state index in [9.17, 15) is 4.79 Å². The Morgan fingerprint density at radius 1 is 1.23 bits per heavy atom. The van der Waals surface area contributed by atoms with Crippen LogP contribution >= 0.6 is 0 Å². The summed E-state index contributed by atoms with van der Waals surface area (Å²) in [6.07, 6.45) is 6.24. The van der Waals surface area contributed by atoms with Gasteiger partial charge in [-0.2, -0.15) is 0 Å². The van der Waals surface area contributed by atoms with Gasteiger partial charge in [0.25, 0.3) is 5.56 Å². The van der Waals surface area contributed by atoms with Crippen LogP contribution in [0.2, 0.25) is 0 Å². The summed E-state index contributed by atoms with van der Waals surface area (Å²) in [5, 5.41) is 10.7. The lowest BCUT2D eigenvalue weighted by Crippen LogP contribution is -2.18. The van der Waals surface area contributed by atoms with Gasteiger partial charge in [-0.25, -0.2) is 4.98 Å². The first-order chi connectivity index (χ1) is 10.7. The average Bonchev–Trinajstić information content (AvgIpc) is 3.06. The van der Waals surface area contributed by atoms with Crippen LogP contribution in [0.1, 0.15) is 11.3 Å². The molecule has 0 fully saturated rings. The fraction of sp³-hybridized carbons (Fsp3) is 0.200. The first kappa shape index (κ1) is 14.0. The highest BCUT2D eigenvalue weighted by atomic mass is 16.1. The molecule has 0 aliphatic heterocycles. The molecule has 7 nitrogen and oxygen atoms in total. The van der Waals surface area contributed by atoms with Crippen molar-refractivity contribution in [3.05, 3.63) is 64.6 Å². The van der Waals surface area contributed by atoms with E-state index in [0.29, 0.717) is 18.2 Å². The summed E-state index contributed by atoms with van der Waals surface area (Å²) >= 11 is 0. The number of anilines is 1. The van der Waals surface area contributed by atoms with Crippen molar-refractivity contribution in [3.8, 4) is 5.69 Å². The molecule has 0 aliphatic carbocycles. The summed E-state index contributed by atoms with van der Waals surface area (Å²) in [4.78, 5) is 18.1. The summed E-state index contributed by atoms with van der Waals surface area (Å²) < 4.78 is 1.95. The fourth-order valence-corrected chi connectivity index (χ4v) is 2.04. The molecular weight excluding hydrogens is 280 g/mol. The number of aryl methyl sites for hydroxylation is 1. The van der Waals surface area contributed by atoms with Crippen molar-refractivity contribution in [3.63, 3.8) is 0 Å². The maximum atomic E-state index is 11.4. The van der Waals surface area contributed by atoms with E-state index < -0.39 is 0 Å². The number of rotatable bonds is 5. The molecule has 0 radical (unpaired) electrons. The summed E-state index contributed by atoms with van der Waals surface area (Å²) in [6.45, 7) is 2.29. The zero-order valence-electron chi connectivity index (χ0n) is 12.2. The standard InChI is InChI=1S/C15H16N6O/c1-11-14(22)18-15(20-19-11)17-7-6-12-2-4-13(5-3-12)21-9-8-16-10-21/h2-5,8-10H,6-7H2,1H3,(H2,17,18,20,22). The molecule has 0 unspecified atom stereocenters. The topological polar surface area (TPSA) is 88.5 Å². The molecule has 1 aromatic carbocycles. The van der Waals surface area contributed by atoms with Crippen LogP contribution in [0.15, 0.2) is 47.8 Å². The van der Waals surface area contributed by atoms with E-state index in [-0.39, 0.29) is 5.56 Å².